The van der Waals surface area contributed by atoms with Gasteiger partial charge in [-0.3, -0.25) is 10.1 Å². The van der Waals surface area contributed by atoms with Crippen molar-refractivity contribution in [2.75, 3.05) is 65.2 Å². The number of azo groups is 1. The number of rotatable bonds is 23. The third kappa shape index (κ3) is 15.1. The number of hydrogen-bond acceptors (Lipinski definition) is 11. The molecule has 0 aliphatic heterocycles. The van der Waals surface area contributed by atoms with E-state index in [2.05, 4.69) is 10.2 Å². The number of carbonyl (C=O) groups excluding carboxylic acids is 1. The maximum absolute atomic E-state index is 12.4. The largest absolute Gasteiger partial charge is 0.494 e. The van der Waals surface area contributed by atoms with Gasteiger partial charge in [0.15, 0.2) is 0 Å². The van der Waals surface area contributed by atoms with Crippen LogP contribution in [-0.4, -0.2) is 71.2 Å². The van der Waals surface area contributed by atoms with E-state index in [1.54, 1.807) is 32.4 Å². The van der Waals surface area contributed by atoms with E-state index >= 15 is 0 Å². The number of anilines is 1. The first-order valence-electron chi connectivity index (χ1n) is 17.4. The molecule has 278 valence electrons. The molecule has 0 heterocycles. The van der Waals surface area contributed by atoms with E-state index < -0.39 is 10.9 Å². The minimum atomic E-state index is -0.461. The van der Waals surface area contributed by atoms with Crippen molar-refractivity contribution in [3.8, 4) is 11.5 Å². The predicted molar refractivity (Wildman–Crippen MR) is 206 cm³/mol. The van der Waals surface area contributed by atoms with E-state index in [-0.39, 0.29) is 12.3 Å². The summed E-state index contributed by atoms with van der Waals surface area (Å²) < 4.78 is 27.5. The molecule has 0 aromatic heterocycles. The smallest absolute Gasteiger partial charge is 0.330 e. The molecular weight excluding hydrogens is 676 g/mol. The van der Waals surface area contributed by atoms with Gasteiger partial charge in [-0.25, -0.2) is 4.79 Å². The standard InChI is InChI=1S/C41H46N4O8/c1-49-28-6-7-33-8-21-39(22-9-33)51-29-4-3-5-30-52-40-23-10-34(11-24-40)12-25-41(46)53-32-27-44(26-31-50-2)37-17-13-35(14-18-37)42-43-36-15-19-38(20-16-36)45(47)48/h6-25H,3-5,26-32H2,1-2H3/b7-6+,25-12+,43-42?. The highest BCUT2D eigenvalue weighted by Crippen LogP contribution is 2.24. The van der Waals surface area contributed by atoms with Gasteiger partial charge < -0.3 is 28.6 Å². The summed E-state index contributed by atoms with van der Waals surface area (Å²) in [4.78, 5) is 24.9. The Kier molecular flexibility index (Phi) is 17.2. The van der Waals surface area contributed by atoms with Crippen molar-refractivity contribution in [1.82, 2.24) is 0 Å². The van der Waals surface area contributed by atoms with E-state index in [9.17, 15) is 14.9 Å². The summed E-state index contributed by atoms with van der Waals surface area (Å²) in [5.74, 6) is 1.20. The molecule has 0 saturated heterocycles. The molecule has 4 aromatic rings. The Morgan fingerprint density at radius 1 is 0.679 bits per heavy atom. The second-order valence-electron chi connectivity index (χ2n) is 11.7. The maximum Gasteiger partial charge on any atom is 0.330 e. The zero-order valence-electron chi connectivity index (χ0n) is 30.2. The first-order valence-corrected chi connectivity index (χ1v) is 17.4. The molecule has 4 rings (SSSR count). The van der Waals surface area contributed by atoms with Crippen molar-refractivity contribution in [3.63, 3.8) is 0 Å². The Morgan fingerprint density at radius 2 is 1.23 bits per heavy atom. The van der Waals surface area contributed by atoms with Crippen molar-refractivity contribution in [2.45, 2.75) is 19.3 Å². The Balaban J connectivity index is 1.12. The molecule has 0 aliphatic rings. The van der Waals surface area contributed by atoms with Crippen LogP contribution in [-0.2, 0) is 19.0 Å². The molecule has 0 atom stereocenters. The second-order valence-corrected chi connectivity index (χ2v) is 11.7. The lowest BCUT2D eigenvalue weighted by Gasteiger charge is -2.24. The lowest BCUT2D eigenvalue weighted by atomic mass is 10.2. The second kappa shape index (κ2) is 22.9. The first kappa shape index (κ1) is 39.9. The van der Waals surface area contributed by atoms with Crippen LogP contribution in [0.5, 0.6) is 11.5 Å². The van der Waals surface area contributed by atoms with Crippen LogP contribution < -0.4 is 14.4 Å². The van der Waals surface area contributed by atoms with Gasteiger partial charge in [-0.2, -0.15) is 10.2 Å². The van der Waals surface area contributed by atoms with Crippen molar-refractivity contribution >= 4 is 40.9 Å². The van der Waals surface area contributed by atoms with E-state index in [0.29, 0.717) is 50.9 Å². The molecule has 0 bridgehead atoms. The summed E-state index contributed by atoms with van der Waals surface area (Å²) in [6, 6.07) is 28.9. The molecule has 0 saturated carbocycles. The van der Waals surface area contributed by atoms with Gasteiger partial charge >= 0.3 is 5.97 Å². The van der Waals surface area contributed by atoms with Gasteiger partial charge in [0.2, 0.25) is 0 Å². The number of benzene rings is 4. The molecule has 4 aromatic carbocycles. The van der Waals surface area contributed by atoms with Gasteiger partial charge in [0.05, 0.1) is 49.3 Å². The van der Waals surface area contributed by atoms with Crippen LogP contribution in [0.1, 0.15) is 30.4 Å². The van der Waals surface area contributed by atoms with Gasteiger partial charge in [-0.15, -0.1) is 0 Å². The van der Waals surface area contributed by atoms with E-state index in [1.807, 2.05) is 89.8 Å². The zero-order valence-corrected chi connectivity index (χ0v) is 30.2. The lowest BCUT2D eigenvalue weighted by molar-refractivity contribution is -0.384. The van der Waals surface area contributed by atoms with Crippen molar-refractivity contribution in [3.05, 3.63) is 130 Å². The Morgan fingerprint density at radius 3 is 1.77 bits per heavy atom. The Bertz CT molecular complexity index is 1760. The van der Waals surface area contributed by atoms with E-state index in [1.165, 1.54) is 18.2 Å². The van der Waals surface area contributed by atoms with Crippen LogP contribution in [0.2, 0.25) is 0 Å². The van der Waals surface area contributed by atoms with Crippen molar-refractivity contribution in [2.24, 2.45) is 10.2 Å². The number of non-ortho nitro benzene ring substituents is 1. The fourth-order valence-electron chi connectivity index (χ4n) is 4.92. The summed E-state index contributed by atoms with van der Waals surface area (Å²) in [6.07, 6.45) is 9.99. The summed E-state index contributed by atoms with van der Waals surface area (Å²) in [7, 11) is 3.31. The molecule has 0 N–H and O–H groups in total. The van der Waals surface area contributed by atoms with Crippen LogP contribution in [0.25, 0.3) is 12.2 Å². The third-order valence-electron chi connectivity index (χ3n) is 7.80. The van der Waals surface area contributed by atoms with E-state index in [0.717, 1.165) is 47.6 Å². The first-order chi connectivity index (χ1) is 25.9. The number of ether oxygens (including phenoxy) is 5. The summed E-state index contributed by atoms with van der Waals surface area (Å²) in [6.45, 7) is 3.61. The average molecular weight is 723 g/mol. The minimum absolute atomic E-state index is 0.00540. The monoisotopic (exact) mass is 722 g/mol. The molecule has 0 spiro atoms. The van der Waals surface area contributed by atoms with Crippen LogP contribution in [0.4, 0.5) is 22.7 Å². The van der Waals surface area contributed by atoms with Crippen LogP contribution in [0.15, 0.2) is 119 Å². The number of nitro groups is 1. The molecule has 12 heteroatoms. The molecule has 0 aliphatic carbocycles. The van der Waals surface area contributed by atoms with Gasteiger partial charge in [-0.05, 0) is 97.1 Å². The molecule has 0 amide bonds. The molecule has 53 heavy (non-hydrogen) atoms. The lowest BCUT2D eigenvalue weighted by Crippen LogP contribution is -2.31. The zero-order chi connectivity index (χ0) is 37.5. The van der Waals surface area contributed by atoms with Crippen LogP contribution in [0.3, 0.4) is 0 Å². The van der Waals surface area contributed by atoms with Gasteiger partial charge in [0.1, 0.15) is 18.1 Å². The normalized spacial score (nSPS) is 11.4. The maximum atomic E-state index is 12.4. The fourth-order valence-corrected chi connectivity index (χ4v) is 4.92. The van der Waals surface area contributed by atoms with E-state index in [4.69, 9.17) is 23.7 Å². The number of nitrogens with zero attached hydrogens (tertiary/aromatic N) is 4. The quantitative estimate of drug-likeness (QED) is 0.0184. The minimum Gasteiger partial charge on any atom is -0.494 e. The van der Waals surface area contributed by atoms with Crippen LogP contribution in [0, 0.1) is 10.1 Å². The molecular formula is C41H46N4O8. The highest BCUT2D eigenvalue weighted by Gasteiger charge is 2.09. The third-order valence-corrected chi connectivity index (χ3v) is 7.80. The highest BCUT2D eigenvalue weighted by molar-refractivity contribution is 5.87. The fraction of sp³-hybridized carbons (Fsp3) is 0.293. The van der Waals surface area contributed by atoms with Gasteiger partial charge in [0.25, 0.3) is 5.69 Å². The predicted octanol–water partition coefficient (Wildman–Crippen LogP) is 9.01. The summed E-state index contributed by atoms with van der Waals surface area (Å²) in [5.41, 5.74) is 4.00. The summed E-state index contributed by atoms with van der Waals surface area (Å²) >= 11 is 0. The molecule has 0 unspecified atom stereocenters. The highest BCUT2D eigenvalue weighted by atomic mass is 16.6. The van der Waals surface area contributed by atoms with Crippen LogP contribution >= 0.6 is 0 Å². The SMILES string of the molecule is COC/C=C/c1ccc(OCCCCCOc2ccc(/C=C/C(=O)OCCN(CCOC)c3ccc(N=Nc4ccc([N+](=O)[O-])cc4)cc3)cc2)cc1. The van der Waals surface area contributed by atoms with Crippen molar-refractivity contribution in [1.29, 1.82) is 0 Å². The number of unbranched alkanes of at least 4 members (excludes halogenated alkanes) is 2. The Labute approximate surface area is 310 Å². The number of methoxy groups -OCH3 is 2. The average Bonchev–Trinajstić information content (AvgIpc) is 3.18. The summed E-state index contributed by atoms with van der Waals surface area (Å²) in [5, 5.41) is 19.2. The molecule has 0 fully saturated rings. The number of hydrogen-bond donors (Lipinski definition) is 0. The molecule has 0 radical (unpaired) electrons. The van der Waals surface area contributed by atoms with Crippen molar-refractivity contribution < 1.29 is 33.4 Å². The topological polar surface area (TPSA) is 134 Å². The molecule has 12 nitrogen and oxygen atoms in total. The Hall–Kier alpha value is -5.85. The van der Waals surface area contributed by atoms with Gasteiger partial charge in [0, 0.05) is 44.7 Å². The number of esters is 1. The number of carbonyl (C=O) groups is 1. The number of nitro benzene ring substituents is 1. The van der Waals surface area contributed by atoms with Gasteiger partial charge in [-0.1, -0.05) is 36.4 Å².